The molecule has 1 aromatic rings. The summed E-state index contributed by atoms with van der Waals surface area (Å²) in [6.45, 7) is 6.26. The quantitative estimate of drug-likeness (QED) is 0.626. The number of piperazine rings is 1. The topological polar surface area (TPSA) is 52.9 Å². The summed E-state index contributed by atoms with van der Waals surface area (Å²) in [5.41, 5.74) is 0.948. The first-order chi connectivity index (χ1) is 11.0. The second-order valence-electron chi connectivity index (χ2n) is 6.45. The highest BCUT2D eigenvalue weighted by Gasteiger charge is 2.27. The summed E-state index contributed by atoms with van der Waals surface area (Å²) in [4.78, 5) is 17.6. The summed E-state index contributed by atoms with van der Waals surface area (Å²) in [6, 6.07) is 5.44. The van der Waals surface area contributed by atoms with Gasteiger partial charge in [-0.2, -0.15) is 0 Å². The van der Waals surface area contributed by atoms with E-state index in [9.17, 15) is 10.1 Å². The second kappa shape index (κ2) is 7.03. The number of rotatable bonds is 3. The van der Waals surface area contributed by atoms with Gasteiger partial charge in [-0.1, -0.05) is 11.6 Å². The maximum Gasteiger partial charge on any atom is 0.271 e. The van der Waals surface area contributed by atoms with E-state index in [2.05, 4.69) is 21.7 Å². The number of hydrogen-bond acceptors (Lipinski definition) is 5. The fourth-order valence-corrected chi connectivity index (χ4v) is 3.85. The smallest absolute Gasteiger partial charge is 0.271 e. The van der Waals surface area contributed by atoms with E-state index < -0.39 is 4.92 Å². The van der Waals surface area contributed by atoms with Crippen LogP contribution in [0.1, 0.15) is 12.8 Å². The van der Waals surface area contributed by atoms with Crippen molar-refractivity contribution in [2.75, 3.05) is 51.2 Å². The lowest BCUT2D eigenvalue weighted by atomic mass is 10.0. The van der Waals surface area contributed by atoms with Crippen LogP contribution in [0.2, 0.25) is 5.02 Å². The van der Waals surface area contributed by atoms with Crippen LogP contribution in [0.3, 0.4) is 0 Å². The van der Waals surface area contributed by atoms with Crippen molar-refractivity contribution < 1.29 is 4.92 Å². The van der Waals surface area contributed by atoms with E-state index >= 15 is 0 Å². The molecule has 0 unspecified atom stereocenters. The molecule has 0 aromatic heterocycles. The van der Waals surface area contributed by atoms with E-state index in [1.54, 1.807) is 6.07 Å². The predicted octanol–water partition coefficient (Wildman–Crippen LogP) is 2.46. The van der Waals surface area contributed by atoms with Crippen molar-refractivity contribution in [3.05, 3.63) is 33.3 Å². The molecule has 2 heterocycles. The largest absolute Gasteiger partial charge is 0.368 e. The Kier molecular flexibility index (Phi) is 5.04. The number of benzene rings is 1. The molecule has 2 fully saturated rings. The molecule has 0 amide bonds. The zero-order chi connectivity index (χ0) is 16.4. The van der Waals surface area contributed by atoms with Gasteiger partial charge < -0.3 is 9.80 Å². The van der Waals surface area contributed by atoms with Crippen molar-refractivity contribution in [2.45, 2.75) is 18.9 Å². The van der Waals surface area contributed by atoms with Crippen molar-refractivity contribution in [1.82, 2.24) is 9.80 Å². The van der Waals surface area contributed by atoms with Gasteiger partial charge in [0.25, 0.3) is 5.69 Å². The molecule has 0 atom stereocenters. The Hall–Kier alpha value is -1.37. The summed E-state index contributed by atoms with van der Waals surface area (Å²) in [7, 11) is 2.19. The first kappa shape index (κ1) is 16.5. The Morgan fingerprint density at radius 1 is 1.13 bits per heavy atom. The number of nitrogens with zero attached hydrogens (tertiary/aromatic N) is 4. The third-order valence-electron chi connectivity index (χ3n) is 5.00. The van der Waals surface area contributed by atoms with E-state index in [1.807, 2.05) is 0 Å². The normalized spacial score (nSPS) is 21.6. The Labute approximate surface area is 141 Å². The maximum absolute atomic E-state index is 10.8. The number of halogens is 1. The molecule has 23 heavy (non-hydrogen) atoms. The van der Waals surface area contributed by atoms with Gasteiger partial charge in [0.15, 0.2) is 0 Å². The van der Waals surface area contributed by atoms with E-state index in [0.29, 0.717) is 11.1 Å². The van der Waals surface area contributed by atoms with Crippen LogP contribution < -0.4 is 4.90 Å². The van der Waals surface area contributed by atoms with E-state index in [-0.39, 0.29) is 5.69 Å². The highest BCUT2D eigenvalue weighted by atomic mass is 35.5. The number of hydrogen-bond donors (Lipinski definition) is 0. The number of non-ortho nitro benzene ring substituents is 1. The van der Waals surface area contributed by atoms with Gasteiger partial charge in [0.05, 0.1) is 15.6 Å². The molecule has 0 aliphatic carbocycles. The zero-order valence-corrected chi connectivity index (χ0v) is 14.2. The number of nitro groups is 1. The molecular formula is C16H23ClN4O2. The Bertz CT molecular complexity index is 567. The van der Waals surface area contributed by atoms with Crippen LogP contribution in [-0.2, 0) is 0 Å². The Morgan fingerprint density at radius 2 is 1.78 bits per heavy atom. The van der Waals surface area contributed by atoms with Crippen LogP contribution in [0, 0.1) is 10.1 Å². The molecule has 2 saturated heterocycles. The summed E-state index contributed by atoms with van der Waals surface area (Å²) in [5, 5.41) is 11.3. The molecule has 6 nitrogen and oxygen atoms in total. The number of piperidine rings is 1. The van der Waals surface area contributed by atoms with Gasteiger partial charge in [-0.05, 0) is 39.0 Å². The number of anilines is 1. The van der Waals surface area contributed by atoms with Crippen molar-refractivity contribution >= 4 is 23.0 Å². The lowest BCUT2D eigenvalue weighted by Gasteiger charge is -2.43. The SMILES string of the molecule is CN1CCC(N2CCN(c3ccc([N+](=O)[O-])cc3Cl)CC2)CC1. The average Bonchev–Trinajstić information content (AvgIpc) is 2.56. The standard InChI is InChI=1S/C16H23ClN4O2/c1-18-6-4-13(5-7-18)19-8-10-20(11-9-19)16-3-2-14(21(22)23)12-15(16)17/h2-3,12-13H,4-11H2,1H3. The molecular weight excluding hydrogens is 316 g/mol. The van der Waals surface area contributed by atoms with Gasteiger partial charge >= 0.3 is 0 Å². The molecule has 0 radical (unpaired) electrons. The lowest BCUT2D eigenvalue weighted by molar-refractivity contribution is -0.384. The molecule has 1 aromatic carbocycles. The highest BCUT2D eigenvalue weighted by Crippen LogP contribution is 2.31. The van der Waals surface area contributed by atoms with Gasteiger partial charge in [0, 0.05) is 44.4 Å². The zero-order valence-electron chi connectivity index (χ0n) is 13.4. The number of likely N-dealkylation sites (tertiary alicyclic amines) is 1. The monoisotopic (exact) mass is 338 g/mol. The summed E-state index contributed by atoms with van der Waals surface area (Å²) < 4.78 is 0. The summed E-state index contributed by atoms with van der Waals surface area (Å²) >= 11 is 6.24. The Balaban J connectivity index is 1.59. The third kappa shape index (κ3) is 3.76. The molecule has 126 valence electrons. The highest BCUT2D eigenvalue weighted by molar-refractivity contribution is 6.33. The molecule has 0 spiro atoms. The van der Waals surface area contributed by atoms with Crippen LogP contribution in [0.5, 0.6) is 0 Å². The lowest BCUT2D eigenvalue weighted by Crippen LogP contribution is -2.53. The molecule has 0 bridgehead atoms. The van der Waals surface area contributed by atoms with E-state index in [4.69, 9.17) is 11.6 Å². The molecule has 7 heteroatoms. The maximum atomic E-state index is 10.8. The summed E-state index contributed by atoms with van der Waals surface area (Å²) in [5.74, 6) is 0. The van der Waals surface area contributed by atoms with Crippen LogP contribution >= 0.6 is 11.6 Å². The minimum absolute atomic E-state index is 0.0451. The minimum Gasteiger partial charge on any atom is -0.368 e. The van der Waals surface area contributed by atoms with Crippen molar-refractivity contribution in [3.8, 4) is 0 Å². The first-order valence-electron chi connectivity index (χ1n) is 8.16. The van der Waals surface area contributed by atoms with Crippen molar-refractivity contribution in [3.63, 3.8) is 0 Å². The van der Waals surface area contributed by atoms with Crippen molar-refractivity contribution in [2.24, 2.45) is 0 Å². The second-order valence-corrected chi connectivity index (χ2v) is 6.86. The molecule has 0 N–H and O–H groups in total. The van der Waals surface area contributed by atoms with Crippen LogP contribution in [0.25, 0.3) is 0 Å². The minimum atomic E-state index is -0.409. The fraction of sp³-hybridized carbons (Fsp3) is 0.625. The predicted molar refractivity (Wildman–Crippen MR) is 92.4 cm³/mol. The van der Waals surface area contributed by atoms with Crippen molar-refractivity contribution in [1.29, 1.82) is 0 Å². The molecule has 2 aliphatic heterocycles. The number of nitro benzene ring substituents is 1. The molecule has 2 aliphatic rings. The van der Waals surface area contributed by atoms with Crippen LogP contribution in [-0.4, -0.2) is 67.1 Å². The van der Waals surface area contributed by atoms with Gasteiger partial charge in [0.1, 0.15) is 0 Å². The van der Waals surface area contributed by atoms with Crippen LogP contribution in [0.15, 0.2) is 18.2 Å². The third-order valence-corrected chi connectivity index (χ3v) is 5.30. The molecule has 0 saturated carbocycles. The first-order valence-corrected chi connectivity index (χ1v) is 8.54. The Morgan fingerprint density at radius 3 is 2.35 bits per heavy atom. The van der Waals surface area contributed by atoms with Gasteiger partial charge in [-0.3, -0.25) is 15.0 Å². The van der Waals surface area contributed by atoms with Gasteiger partial charge in [-0.15, -0.1) is 0 Å². The van der Waals surface area contributed by atoms with E-state index in [0.717, 1.165) is 31.9 Å². The molecule has 3 rings (SSSR count). The fourth-order valence-electron chi connectivity index (χ4n) is 3.55. The van der Waals surface area contributed by atoms with Gasteiger partial charge in [-0.25, -0.2) is 0 Å². The summed E-state index contributed by atoms with van der Waals surface area (Å²) in [6.07, 6.45) is 2.49. The average molecular weight is 339 g/mol. The van der Waals surface area contributed by atoms with Crippen LogP contribution in [0.4, 0.5) is 11.4 Å². The van der Waals surface area contributed by atoms with Gasteiger partial charge in [0.2, 0.25) is 0 Å². The van der Waals surface area contributed by atoms with E-state index in [1.165, 1.54) is 38.1 Å².